The number of halogens is 1. The summed E-state index contributed by atoms with van der Waals surface area (Å²) in [6.07, 6.45) is 4.32. The molecule has 1 aromatic rings. The summed E-state index contributed by atoms with van der Waals surface area (Å²) in [6.45, 7) is 1.15. The van der Waals surface area contributed by atoms with Gasteiger partial charge in [-0.25, -0.2) is 4.79 Å². The van der Waals surface area contributed by atoms with Crippen LogP contribution in [0.3, 0.4) is 0 Å². The third-order valence-electron chi connectivity index (χ3n) is 5.17. The van der Waals surface area contributed by atoms with Crippen molar-refractivity contribution in [3.63, 3.8) is 0 Å². The number of rotatable bonds is 6. The Morgan fingerprint density at radius 3 is 2.74 bits per heavy atom. The van der Waals surface area contributed by atoms with Gasteiger partial charge in [-0.3, -0.25) is 15.0 Å². The molecule has 2 N–H and O–H groups in total. The van der Waals surface area contributed by atoms with Gasteiger partial charge in [0.2, 0.25) is 5.91 Å². The number of carbonyl (C=O) groups excluding carboxylic acids is 3. The first-order chi connectivity index (χ1) is 12.9. The normalized spacial score (nSPS) is 18.9. The fraction of sp³-hybridized carbons (Fsp3) is 0.526. The Bertz CT molecular complexity index is 733. The number of nitrogens with one attached hydrogen (secondary N) is 2. The number of hydrazine groups is 1. The largest absolute Gasteiger partial charge is 0.344 e. The van der Waals surface area contributed by atoms with Gasteiger partial charge in [0.05, 0.1) is 0 Å². The van der Waals surface area contributed by atoms with E-state index in [0.717, 1.165) is 29.8 Å². The molecule has 2 aliphatic rings. The van der Waals surface area contributed by atoms with E-state index in [1.54, 1.807) is 0 Å². The molecule has 0 unspecified atom stereocenters. The van der Waals surface area contributed by atoms with Crippen LogP contribution >= 0.6 is 11.6 Å². The highest BCUT2D eigenvalue weighted by atomic mass is 35.5. The van der Waals surface area contributed by atoms with Crippen LogP contribution in [0.1, 0.15) is 44.1 Å². The standard InChI is InChI=1S/C19H25ClN4O3/c1-23(13-14-6-5-7-15(20)12-14)11-8-16(25)22-24-17(26)19(21-18(24)27)9-3-2-4-10-19/h5-7,12H,2-4,8-11,13H2,1H3,(H,21,27)(H,22,25). The molecule has 1 aliphatic carbocycles. The minimum atomic E-state index is -0.827. The van der Waals surface area contributed by atoms with Crippen molar-refractivity contribution in [3.05, 3.63) is 34.9 Å². The third kappa shape index (κ3) is 4.59. The Labute approximate surface area is 164 Å². The van der Waals surface area contributed by atoms with Crippen LogP contribution in [0.4, 0.5) is 4.79 Å². The SMILES string of the molecule is CN(CCC(=O)NN1C(=O)NC2(CCCCC2)C1=O)Cc1cccc(Cl)c1. The second-order valence-electron chi connectivity index (χ2n) is 7.37. The number of amides is 4. The van der Waals surface area contributed by atoms with Crippen LogP contribution in [0.5, 0.6) is 0 Å². The van der Waals surface area contributed by atoms with Gasteiger partial charge in [-0.1, -0.05) is 43.0 Å². The zero-order valence-electron chi connectivity index (χ0n) is 15.5. The minimum Gasteiger partial charge on any atom is -0.322 e. The average Bonchev–Trinajstić information content (AvgIpc) is 2.85. The lowest BCUT2D eigenvalue weighted by Gasteiger charge is -2.30. The first-order valence-electron chi connectivity index (χ1n) is 9.29. The molecule has 0 aromatic heterocycles. The van der Waals surface area contributed by atoms with Crippen molar-refractivity contribution in [2.24, 2.45) is 0 Å². The van der Waals surface area contributed by atoms with Gasteiger partial charge >= 0.3 is 6.03 Å². The molecule has 7 nitrogen and oxygen atoms in total. The van der Waals surface area contributed by atoms with Crippen molar-refractivity contribution in [1.29, 1.82) is 0 Å². The van der Waals surface area contributed by atoms with Crippen molar-refractivity contribution in [1.82, 2.24) is 20.7 Å². The molecule has 1 spiro atoms. The second kappa shape index (κ2) is 8.27. The second-order valence-corrected chi connectivity index (χ2v) is 7.80. The molecular weight excluding hydrogens is 368 g/mol. The number of nitrogens with zero attached hydrogens (tertiary/aromatic N) is 2. The molecule has 8 heteroatoms. The van der Waals surface area contributed by atoms with E-state index in [0.29, 0.717) is 31.0 Å². The van der Waals surface area contributed by atoms with Crippen molar-refractivity contribution in [2.45, 2.75) is 50.6 Å². The summed E-state index contributed by atoms with van der Waals surface area (Å²) in [5, 5.41) is 4.30. The van der Waals surface area contributed by atoms with E-state index < -0.39 is 11.6 Å². The molecule has 27 heavy (non-hydrogen) atoms. The summed E-state index contributed by atoms with van der Waals surface area (Å²) < 4.78 is 0. The number of benzene rings is 1. The molecule has 146 valence electrons. The summed E-state index contributed by atoms with van der Waals surface area (Å²) >= 11 is 5.98. The monoisotopic (exact) mass is 392 g/mol. The maximum atomic E-state index is 12.6. The predicted octanol–water partition coefficient (Wildman–Crippen LogP) is 2.45. The van der Waals surface area contributed by atoms with Crippen LogP contribution < -0.4 is 10.7 Å². The zero-order chi connectivity index (χ0) is 19.4. The van der Waals surface area contributed by atoms with Crippen LogP contribution in [0.25, 0.3) is 0 Å². The molecule has 1 saturated heterocycles. The smallest absolute Gasteiger partial charge is 0.322 e. The third-order valence-corrected chi connectivity index (χ3v) is 5.40. The van der Waals surface area contributed by atoms with Crippen molar-refractivity contribution in [3.8, 4) is 0 Å². The highest BCUT2D eigenvalue weighted by Gasteiger charge is 2.52. The van der Waals surface area contributed by atoms with E-state index in [9.17, 15) is 14.4 Å². The van der Waals surface area contributed by atoms with Gasteiger partial charge in [0.1, 0.15) is 5.54 Å². The molecule has 1 heterocycles. The Kier molecular flexibility index (Phi) is 6.01. The molecule has 0 radical (unpaired) electrons. The summed E-state index contributed by atoms with van der Waals surface area (Å²) in [4.78, 5) is 39.0. The lowest BCUT2D eigenvalue weighted by molar-refractivity contribution is -0.140. The topological polar surface area (TPSA) is 81.8 Å². The van der Waals surface area contributed by atoms with E-state index in [1.807, 2.05) is 36.2 Å². The Hall–Kier alpha value is -2.12. The van der Waals surface area contributed by atoms with E-state index in [1.165, 1.54) is 0 Å². The molecule has 3 rings (SSSR count). The molecule has 4 amide bonds. The van der Waals surface area contributed by atoms with E-state index in [4.69, 9.17) is 11.6 Å². The van der Waals surface area contributed by atoms with Gasteiger partial charge in [-0.15, -0.1) is 0 Å². The molecule has 1 saturated carbocycles. The molecule has 0 bridgehead atoms. The van der Waals surface area contributed by atoms with Gasteiger partial charge in [-0.2, -0.15) is 5.01 Å². The highest BCUT2D eigenvalue weighted by Crippen LogP contribution is 2.32. The number of hydrogen-bond acceptors (Lipinski definition) is 4. The Balaban J connectivity index is 1.49. The first-order valence-corrected chi connectivity index (χ1v) is 9.67. The number of carbonyl (C=O) groups is 3. The van der Waals surface area contributed by atoms with Crippen LogP contribution in [0.2, 0.25) is 5.02 Å². The van der Waals surface area contributed by atoms with E-state index >= 15 is 0 Å². The van der Waals surface area contributed by atoms with Crippen molar-refractivity contribution < 1.29 is 14.4 Å². The number of urea groups is 1. The Morgan fingerprint density at radius 1 is 1.30 bits per heavy atom. The van der Waals surface area contributed by atoms with Gasteiger partial charge < -0.3 is 10.2 Å². The van der Waals surface area contributed by atoms with Gasteiger partial charge in [0.25, 0.3) is 5.91 Å². The predicted molar refractivity (Wildman–Crippen MR) is 102 cm³/mol. The lowest BCUT2D eigenvalue weighted by atomic mass is 9.82. The van der Waals surface area contributed by atoms with E-state index in [2.05, 4.69) is 10.7 Å². The van der Waals surface area contributed by atoms with Gasteiger partial charge in [0, 0.05) is 24.5 Å². The van der Waals surface area contributed by atoms with Crippen molar-refractivity contribution in [2.75, 3.05) is 13.6 Å². The van der Waals surface area contributed by atoms with Crippen LogP contribution in [0, 0.1) is 0 Å². The maximum absolute atomic E-state index is 12.6. The quantitative estimate of drug-likeness (QED) is 0.728. The molecule has 1 aliphatic heterocycles. The molecule has 2 fully saturated rings. The van der Waals surface area contributed by atoms with E-state index in [-0.39, 0.29) is 18.2 Å². The maximum Gasteiger partial charge on any atom is 0.344 e. The summed E-state index contributed by atoms with van der Waals surface area (Å²) in [7, 11) is 1.90. The lowest BCUT2D eigenvalue weighted by Crippen LogP contribution is -2.51. The van der Waals surface area contributed by atoms with Crippen LogP contribution in [0.15, 0.2) is 24.3 Å². The Morgan fingerprint density at radius 2 is 2.04 bits per heavy atom. The zero-order valence-corrected chi connectivity index (χ0v) is 16.2. The van der Waals surface area contributed by atoms with Gasteiger partial charge in [-0.05, 0) is 37.6 Å². The van der Waals surface area contributed by atoms with Crippen LogP contribution in [-0.2, 0) is 16.1 Å². The summed E-state index contributed by atoms with van der Waals surface area (Å²) in [5.41, 5.74) is 2.69. The molecule has 1 aromatic carbocycles. The average molecular weight is 393 g/mol. The fourth-order valence-electron chi connectivity index (χ4n) is 3.72. The molecule has 0 atom stereocenters. The van der Waals surface area contributed by atoms with Crippen molar-refractivity contribution >= 4 is 29.4 Å². The number of hydrogen-bond donors (Lipinski definition) is 2. The minimum absolute atomic E-state index is 0.182. The number of imide groups is 1. The summed E-state index contributed by atoms with van der Waals surface area (Å²) in [5.74, 6) is -0.697. The fourth-order valence-corrected chi connectivity index (χ4v) is 3.93. The van der Waals surface area contributed by atoms with Gasteiger partial charge in [0.15, 0.2) is 0 Å². The summed E-state index contributed by atoms with van der Waals surface area (Å²) in [6, 6.07) is 7.02. The van der Waals surface area contributed by atoms with Crippen LogP contribution in [-0.4, -0.2) is 46.9 Å². The first kappa shape index (κ1) is 19.6. The highest BCUT2D eigenvalue weighted by molar-refractivity contribution is 6.30. The molecular formula is C19H25ClN4O3.